The number of carbonyl (C=O) groups excluding carboxylic acids is 4. The van der Waals surface area contributed by atoms with E-state index in [-0.39, 0.29) is 30.4 Å². The Kier molecular flexibility index (Phi) is 10.5. The summed E-state index contributed by atoms with van der Waals surface area (Å²) in [5.41, 5.74) is 11.3. The summed E-state index contributed by atoms with van der Waals surface area (Å²) in [5.74, 6) is -2.97. The van der Waals surface area contributed by atoms with Crippen molar-refractivity contribution in [1.29, 1.82) is 0 Å². The smallest absolute Gasteiger partial charge is 0.334 e. The van der Waals surface area contributed by atoms with Gasteiger partial charge in [-0.15, -0.1) is 0 Å². The molecular weight excluding hydrogens is 688 g/mol. The third-order valence-electron chi connectivity index (χ3n) is 11.2. The van der Waals surface area contributed by atoms with Gasteiger partial charge in [0.15, 0.2) is 0 Å². The second-order valence-corrected chi connectivity index (χ2v) is 13.9. The number of allylic oxidation sites excluding steroid dienone is 5. The fourth-order valence-electron chi connectivity index (χ4n) is 8.01. The SMILES string of the molecule is CCc1c(C)c2cc3nc(cc4[nH]c(cc5nc(cc1[nH]2)C(C)=C5CCC(=O)OC)c(CCC(=O)OC)c4C)[C@@]1(C)C3=CC=C(C(=O)OC)[C@@H]1C(=O)OC. The molecule has 0 amide bonds. The molecule has 2 aliphatic heterocycles. The van der Waals surface area contributed by atoms with E-state index in [1.54, 1.807) is 6.08 Å². The molecule has 12 heteroatoms. The van der Waals surface area contributed by atoms with Gasteiger partial charge in [0.2, 0.25) is 0 Å². The molecule has 0 spiro atoms. The van der Waals surface area contributed by atoms with Crippen LogP contribution in [0.1, 0.15) is 85.1 Å². The lowest BCUT2D eigenvalue weighted by molar-refractivity contribution is -0.149. The molecule has 54 heavy (non-hydrogen) atoms. The molecule has 282 valence electrons. The van der Waals surface area contributed by atoms with Crippen molar-refractivity contribution in [3.63, 3.8) is 0 Å². The van der Waals surface area contributed by atoms with Crippen LogP contribution in [0.3, 0.4) is 0 Å². The summed E-state index contributed by atoms with van der Waals surface area (Å²) in [6.07, 6.45) is 5.30. The first kappa shape index (κ1) is 38.0. The lowest BCUT2D eigenvalue weighted by atomic mass is 9.64. The zero-order valence-corrected chi connectivity index (χ0v) is 32.2. The lowest BCUT2D eigenvalue weighted by Crippen LogP contribution is -2.42. The van der Waals surface area contributed by atoms with Crippen LogP contribution in [0.15, 0.2) is 42.0 Å². The summed E-state index contributed by atoms with van der Waals surface area (Å²) in [5, 5.41) is 0. The van der Waals surface area contributed by atoms with Gasteiger partial charge in [-0.25, -0.2) is 9.78 Å². The number of rotatable bonds is 9. The van der Waals surface area contributed by atoms with Crippen LogP contribution in [0.2, 0.25) is 0 Å². The Morgan fingerprint density at radius 1 is 0.704 bits per heavy atom. The van der Waals surface area contributed by atoms with Crippen LogP contribution in [0.25, 0.3) is 38.8 Å². The number of aromatic nitrogens is 4. The van der Waals surface area contributed by atoms with Crippen LogP contribution in [0, 0.1) is 19.8 Å². The summed E-state index contributed by atoms with van der Waals surface area (Å²) in [4.78, 5) is 69.1. The van der Waals surface area contributed by atoms with Gasteiger partial charge in [-0.05, 0) is 110 Å². The number of aromatic amines is 2. The topological polar surface area (TPSA) is 163 Å². The van der Waals surface area contributed by atoms with Crippen LogP contribution in [-0.4, -0.2) is 72.3 Å². The highest BCUT2D eigenvalue weighted by molar-refractivity contribution is 6.02. The Morgan fingerprint density at radius 3 is 1.93 bits per heavy atom. The zero-order chi connectivity index (χ0) is 39.1. The fraction of sp³-hybridized carbons (Fsp3) is 0.381. The molecule has 8 bridgehead atoms. The maximum absolute atomic E-state index is 13.7. The molecule has 0 aromatic carbocycles. The number of H-pyrrole nitrogens is 2. The molecule has 6 rings (SSSR count). The third-order valence-corrected chi connectivity index (χ3v) is 11.2. The summed E-state index contributed by atoms with van der Waals surface area (Å²) in [6.45, 7) is 10.0. The number of fused-ring (bicyclic) bond motifs is 11. The molecule has 12 nitrogen and oxygen atoms in total. The Morgan fingerprint density at radius 2 is 1.30 bits per heavy atom. The molecule has 0 saturated carbocycles. The average molecular weight is 735 g/mol. The number of esters is 4. The van der Waals surface area contributed by atoms with Gasteiger partial charge in [0.1, 0.15) is 5.92 Å². The second-order valence-electron chi connectivity index (χ2n) is 13.9. The molecule has 1 aliphatic carbocycles. The quantitative estimate of drug-likeness (QED) is 0.178. The molecule has 0 radical (unpaired) electrons. The molecule has 3 aliphatic rings. The van der Waals surface area contributed by atoms with Crippen molar-refractivity contribution in [1.82, 2.24) is 19.9 Å². The third kappa shape index (κ3) is 6.43. The van der Waals surface area contributed by atoms with Gasteiger partial charge in [-0.3, -0.25) is 19.4 Å². The Labute approximate surface area is 313 Å². The predicted molar refractivity (Wildman–Crippen MR) is 205 cm³/mol. The normalized spacial score (nSPS) is 17.7. The van der Waals surface area contributed by atoms with E-state index >= 15 is 0 Å². The molecular formula is C42H46N4O8. The Hall–Kier alpha value is -5.78. The number of nitrogens with zero attached hydrogens (tertiary/aromatic N) is 2. The van der Waals surface area contributed by atoms with Gasteiger partial charge < -0.3 is 28.9 Å². The van der Waals surface area contributed by atoms with Gasteiger partial charge in [-0.1, -0.05) is 19.1 Å². The number of hydrogen-bond acceptors (Lipinski definition) is 10. The molecule has 0 saturated heterocycles. The van der Waals surface area contributed by atoms with Crippen molar-refractivity contribution in [3.8, 4) is 0 Å². The molecule has 2 atom stereocenters. The minimum atomic E-state index is -1.14. The van der Waals surface area contributed by atoms with E-state index in [4.69, 9.17) is 28.9 Å². The average Bonchev–Trinajstić information content (AvgIpc) is 3.82. The second kappa shape index (κ2) is 14.9. The van der Waals surface area contributed by atoms with Crippen LogP contribution in [-0.2, 0) is 56.4 Å². The van der Waals surface area contributed by atoms with E-state index in [1.165, 1.54) is 28.4 Å². The minimum Gasteiger partial charge on any atom is -0.469 e. The maximum Gasteiger partial charge on any atom is 0.334 e. The van der Waals surface area contributed by atoms with Crippen molar-refractivity contribution in [2.24, 2.45) is 5.92 Å². The largest absolute Gasteiger partial charge is 0.469 e. The number of ether oxygens (including phenoxy) is 4. The first-order valence-electron chi connectivity index (χ1n) is 18.0. The van der Waals surface area contributed by atoms with Crippen molar-refractivity contribution in [3.05, 3.63) is 87.0 Å². The van der Waals surface area contributed by atoms with Crippen LogP contribution in [0.5, 0.6) is 0 Å². The molecule has 3 aromatic heterocycles. The van der Waals surface area contributed by atoms with Crippen molar-refractivity contribution in [2.75, 3.05) is 28.4 Å². The molecule has 5 heterocycles. The number of carbonyl (C=O) groups is 4. The van der Waals surface area contributed by atoms with Crippen molar-refractivity contribution >= 4 is 62.7 Å². The van der Waals surface area contributed by atoms with Gasteiger partial charge in [0.25, 0.3) is 0 Å². The van der Waals surface area contributed by atoms with Crippen LogP contribution >= 0.6 is 0 Å². The van der Waals surface area contributed by atoms with Crippen LogP contribution < -0.4 is 0 Å². The first-order valence-corrected chi connectivity index (χ1v) is 18.0. The number of aryl methyl sites for hydroxylation is 4. The zero-order valence-electron chi connectivity index (χ0n) is 32.2. The van der Waals surface area contributed by atoms with Crippen molar-refractivity contribution < 1.29 is 38.1 Å². The van der Waals surface area contributed by atoms with Gasteiger partial charge in [0.05, 0.1) is 62.2 Å². The monoisotopic (exact) mass is 734 g/mol. The van der Waals surface area contributed by atoms with Gasteiger partial charge in [-0.2, -0.15) is 0 Å². The van der Waals surface area contributed by atoms with Crippen LogP contribution in [0.4, 0.5) is 0 Å². The highest BCUT2D eigenvalue weighted by Gasteiger charge is 2.53. The predicted octanol–water partition coefficient (Wildman–Crippen LogP) is 6.73. The standard InChI is InChI=1S/C42H46N4O8/c1-10-24-21(2)30-18-35-28-14-11-27(40(49)53-8)39(41(50)54-9)42(28,5)36(46-35)20-31-23(4)26(13-16-38(48)52-7)34(45-31)19-33-25(12-15-37(47)51-6)22(3)29(44-33)17-32(24)43-30/h11,14,17-20,39,43,45H,10,12-13,15-16H2,1-9H3/t39-,42-/m1/s1. The summed E-state index contributed by atoms with van der Waals surface area (Å²) in [6, 6.07) is 7.87. The maximum atomic E-state index is 13.7. The number of methoxy groups -OCH3 is 4. The summed E-state index contributed by atoms with van der Waals surface area (Å²) in [7, 11) is 5.32. The van der Waals surface area contributed by atoms with E-state index < -0.39 is 23.3 Å². The van der Waals surface area contributed by atoms with E-state index in [2.05, 4.69) is 23.8 Å². The lowest BCUT2D eigenvalue weighted by Gasteiger charge is -2.36. The Bertz CT molecular complexity index is 2360. The van der Waals surface area contributed by atoms with Crippen molar-refractivity contribution in [2.45, 2.75) is 72.1 Å². The number of hydrogen-bond donors (Lipinski definition) is 2. The number of nitrogens with one attached hydrogen (secondary N) is 2. The highest BCUT2D eigenvalue weighted by atomic mass is 16.5. The molecule has 2 N–H and O–H groups in total. The first-order chi connectivity index (χ1) is 25.8. The van der Waals surface area contributed by atoms with E-state index in [0.29, 0.717) is 35.4 Å². The minimum absolute atomic E-state index is 0.140. The highest BCUT2D eigenvalue weighted by Crippen LogP contribution is 2.52. The van der Waals surface area contributed by atoms with Gasteiger partial charge >= 0.3 is 23.9 Å². The fourth-order valence-corrected chi connectivity index (χ4v) is 8.01. The molecule has 3 aromatic rings. The van der Waals surface area contributed by atoms with E-state index in [1.807, 2.05) is 51.1 Å². The molecule has 0 unspecified atom stereocenters. The van der Waals surface area contributed by atoms with E-state index in [9.17, 15) is 19.2 Å². The summed E-state index contributed by atoms with van der Waals surface area (Å²) >= 11 is 0. The Balaban J connectivity index is 1.76. The van der Waals surface area contributed by atoms with E-state index in [0.717, 1.165) is 67.6 Å². The molecule has 0 fully saturated rings. The summed E-state index contributed by atoms with van der Waals surface area (Å²) < 4.78 is 20.4. The van der Waals surface area contributed by atoms with Gasteiger partial charge in [0, 0.05) is 34.9 Å².